The van der Waals surface area contributed by atoms with Crippen molar-refractivity contribution in [1.29, 1.82) is 0 Å². The molecule has 3 aromatic rings. The SMILES string of the molecule is CC[C@]1(O)C(=O)OCc2c1cc1n(c2=O)Cc2c-1nc1cc(F)c(C)c3c1c2[C@H](NC(=O)[C@@H]1COCCN1C(=O)CNC(=O)CNC(=O)CNC(=O)CNC(=O)CNC(=O)CCOCCOCCOCCOCCN)CC3. The maximum absolute atomic E-state index is 15.5. The summed E-state index contributed by atoms with van der Waals surface area (Å²) in [5, 5.41) is 26.8. The summed E-state index contributed by atoms with van der Waals surface area (Å²) < 4.78 is 49.0. The van der Waals surface area contributed by atoms with Gasteiger partial charge in [0.25, 0.3) is 5.56 Å². The van der Waals surface area contributed by atoms with E-state index in [0.717, 1.165) is 0 Å². The van der Waals surface area contributed by atoms with E-state index >= 15 is 4.39 Å². The topological polar surface area (TPSA) is 348 Å². The van der Waals surface area contributed by atoms with Crippen LogP contribution in [0, 0.1) is 12.7 Å². The molecule has 7 amide bonds. The average Bonchev–Trinajstić information content (AvgIpc) is 3.94. The van der Waals surface area contributed by atoms with Gasteiger partial charge in [-0.15, -0.1) is 0 Å². The molecular weight excluding hydrogens is 1020 g/mol. The molecule has 77 heavy (non-hydrogen) atoms. The lowest BCUT2D eigenvalue weighted by molar-refractivity contribution is -0.172. The number of rotatable bonds is 27. The first-order valence-corrected chi connectivity index (χ1v) is 25.4. The van der Waals surface area contributed by atoms with Crippen molar-refractivity contribution in [1.82, 2.24) is 46.4 Å². The number of esters is 1. The number of aromatic nitrogens is 2. The molecule has 1 aliphatic carbocycles. The van der Waals surface area contributed by atoms with E-state index in [1.165, 1.54) is 15.5 Å². The largest absolute Gasteiger partial charge is 0.458 e. The number of amides is 7. The van der Waals surface area contributed by atoms with Gasteiger partial charge in [0.05, 0.1) is 134 Å². The normalized spacial score (nSPS) is 18.1. The van der Waals surface area contributed by atoms with Crippen molar-refractivity contribution >= 4 is 58.2 Å². The maximum Gasteiger partial charge on any atom is 0.343 e. The van der Waals surface area contributed by atoms with Crippen LogP contribution >= 0.6 is 0 Å². The molecule has 3 atom stereocenters. The molecular formula is C50H65FN10O16. The van der Waals surface area contributed by atoms with Crippen LogP contribution in [-0.4, -0.2) is 185 Å². The Morgan fingerprint density at radius 3 is 2.00 bits per heavy atom. The lowest BCUT2D eigenvalue weighted by Gasteiger charge is -2.36. The van der Waals surface area contributed by atoms with Crippen molar-refractivity contribution in [3.8, 4) is 11.4 Å². The fraction of sp³-hybridized carbons (Fsp3) is 0.560. The van der Waals surface area contributed by atoms with E-state index in [9.17, 15) is 48.3 Å². The number of hydrogen-bond acceptors (Lipinski definition) is 18. The number of fused-ring (bicyclic) bond motifs is 5. The molecule has 0 unspecified atom stereocenters. The highest BCUT2D eigenvalue weighted by Gasteiger charge is 2.46. The van der Waals surface area contributed by atoms with Crippen LogP contribution < -0.4 is 43.2 Å². The predicted octanol–water partition coefficient (Wildman–Crippen LogP) is -3.15. The van der Waals surface area contributed by atoms with Crippen LogP contribution in [-0.2, 0) is 92.0 Å². The Balaban J connectivity index is 0.834. The second kappa shape index (κ2) is 26.8. The zero-order valence-corrected chi connectivity index (χ0v) is 42.9. The molecule has 4 aliphatic rings. The summed E-state index contributed by atoms with van der Waals surface area (Å²) in [6.45, 7) is 3.57. The molecule has 0 radical (unpaired) electrons. The number of nitrogens with two attached hydrogens (primary N) is 1. The molecule has 418 valence electrons. The molecule has 27 heteroatoms. The molecule has 1 aromatic carbocycles. The zero-order chi connectivity index (χ0) is 55.2. The second-order valence-electron chi connectivity index (χ2n) is 18.5. The minimum absolute atomic E-state index is 0.0109. The Morgan fingerprint density at radius 2 is 1.39 bits per heavy atom. The summed E-state index contributed by atoms with van der Waals surface area (Å²) in [7, 11) is 0. The molecule has 7 rings (SSSR count). The third kappa shape index (κ3) is 13.9. The van der Waals surface area contributed by atoms with Crippen molar-refractivity contribution in [2.75, 3.05) is 112 Å². The Labute approximate surface area is 440 Å². The van der Waals surface area contributed by atoms with Gasteiger partial charge in [0.15, 0.2) is 5.60 Å². The van der Waals surface area contributed by atoms with Crippen LogP contribution in [0.2, 0.25) is 0 Å². The summed E-state index contributed by atoms with van der Waals surface area (Å²) >= 11 is 0. The second-order valence-corrected chi connectivity index (χ2v) is 18.5. The number of cyclic esters (lactones) is 1. The van der Waals surface area contributed by atoms with Crippen molar-refractivity contribution in [2.45, 2.75) is 70.4 Å². The minimum Gasteiger partial charge on any atom is -0.458 e. The van der Waals surface area contributed by atoms with Crippen LogP contribution in [0.25, 0.3) is 22.3 Å². The maximum atomic E-state index is 15.5. The van der Waals surface area contributed by atoms with Gasteiger partial charge in [-0.05, 0) is 48.9 Å². The molecule has 0 bridgehead atoms. The Kier molecular flexibility index (Phi) is 20.1. The smallest absolute Gasteiger partial charge is 0.343 e. The number of carbonyl (C=O) groups is 8. The van der Waals surface area contributed by atoms with Crippen LogP contribution in [0.3, 0.4) is 0 Å². The fourth-order valence-corrected chi connectivity index (χ4v) is 9.43. The first-order valence-electron chi connectivity index (χ1n) is 25.4. The van der Waals surface area contributed by atoms with E-state index in [1.807, 2.05) is 0 Å². The van der Waals surface area contributed by atoms with Crippen molar-refractivity contribution in [2.24, 2.45) is 5.73 Å². The number of nitrogens with zero attached hydrogens (tertiary/aromatic N) is 3. The third-order valence-electron chi connectivity index (χ3n) is 13.5. The molecule has 5 heterocycles. The van der Waals surface area contributed by atoms with Gasteiger partial charge in [-0.25, -0.2) is 14.2 Å². The Bertz CT molecular complexity index is 2810. The zero-order valence-electron chi connectivity index (χ0n) is 42.9. The van der Waals surface area contributed by atoms with Gasteiger partial charge >= 0.3 is 5.97 Å². The van der Waals surface area contributed by atoms with Crippen LogP contribution in [0.4, 0.5) is 4.39 Å². The standard InChI is InChI=1S/C50H65FN10O16/c1-3-50(71)32-18-36-46-30(25-61(36)48(69)31(32)26-77-49(50)70)45-34(5-4-29-28(2)33(51)19-35(58-46)44(29)45)59-47(68)37-27-76-11-8-60(37)43(67)24-57-42(66)23-56-41(65)22-55-40(64)21-54-39(63)20-53-38(62)6-9-72-12-14-74-16-17-75-15-13-73-10-7-52/h18-19,34,37,71H,3-17,20-27,52H2,1-2H3,(H,53,62)(H,54,63)(H,55,64)(H,56,65)(H,57,66)(H,59,68)/t34-,37+,50-/m1/s1. The van der Waals surface area contributed by atoms with E-state index in [1.54, 1.807) is 19.9 Å². The molecule has 0 saturated carbocycles. The average molecular weight is 1080 g/mol. The fourth-order valence-electron chi connectivity index (χ4n) is 9.43. The molecule has 2 aromatic heterocycles. The van der Waals surface area contributed by atoms with Gasteiger partial charge in [0.1, 0.15) is 18.5 Å². The first kappa shape index (κ1) is 57.7. The summed E-state index contributed by atoms with van der Waals surface area (Å²) in [4.78, 5) is 122. The number of ether oxygens (including phenoxy) is 6. The van der Waals surface area contributed by atoms with Crippen molar-refractivity contribution < 1.29 is 76.3 Å². The van der Waals surface area contributed by atoms with E-state index in [4.69, 9.17) is 39.1 Å². The number of halogens is 1. The number of nitrogens with one attached hydrogen (secondary N) is 6. The number of aliphatic hydroxyl groups is 1. The molecule has 26 nitrogen and oxygen atoms in total. The third-order valence-corrected chi connectivity index (χ3v) is 13.5. The summed E-state index contributed by atoms with van der Waals surface area (Å²) in [6.07, 6.45) is 0.612. The lowest BCUT2D eigenvalue weighted by Crippen LogP contribution is -2.58. The van der Waals surface area contributed by atoms with Gasteiger partial charge in [-0.1, -0.05) is 6.92 Å². The summed E-state index contributed by atoms with van der Waals surface area (Å²) in [5.74, 6) is -5.88. The van der Waals surface area contributed by atoms with Gasteiger partial charge < -0.3 is 80.6 Å². The summed E-state index contributed by atoms with van der Waals surface area (Å²) in [5.41, 5.74) is 6.26. The quantitative estimate of drug-likeness (QED) is 0.0216. The van der Waals surface area contributed by atoms with Gasteiger partial charge in [-0.3, -0.25) is 38.4 Å². The van der Waals surface area contributed by atoms with Crippen molar-refractivity contribution in [3.63, 3.8) is 0 Å². The van der Waals surface area contributed by atoms with E-state index in [0.29, 0.717) is 98.1 Å². The molecule has 1 fully saturated rings. The van der Waals surface area contributed by atoms with E-state index < -0.39 is 109 Å². The Hall–Kier alpha value is -7.01. The predicted molar refractivity (Wildman–Crippen MR) is 267 cm³/mol. The summed E-state index contributed by atoms with van der Waals surface area (Å²) in [6, 6.07) is 1.02. The molecule has 1 saturated heterocycles. The first-order chi connectivity index (χ1) is 37.1. The Morgan fingerprint density at radius 1 is 0.805 bits per heavy atom. The number of aryl methyl sites for hydroxylation is 1. The van der Waals surface area contributed by atoms with Crippen molar-refractivity contribution in [3.05, 3.63) is 61.7 Å². The number of hydrogen-bond donors (Lipinski definition) is 8. The van der Waals surface area contributed by atoms with Gasteiger partial charge in [-0.2, -0.15) is 0 Å². The van der Waals surface area contributed by atoms with Gasteiger partial charge in [0, 0.05) is 42.1 Å². The van der Waals surface area contributed by atoms with E-state index in [2.05, 4.69) is 31.9 Å². The molecule has 9 N–H and O–H groups in total. The minimum atomic E-state index is -2.07. The monoisotopic (exact) mass is 1080 g/mol. The number of pyridine rings is 2. The van der Waals surface area contributed by atoms with Crippen LogP contribution in [0.1, 0.15) is 65.6 Å². The number of benzene rings is 1. The molecule has 0 spiro atoms. The molecule has 3 aliphatic heterocycles. The van der Waals surface area contributed by atoms with Gasteiger partial charge in [0.2, 0.25) is 41.4 Å². The van der Waals surface area contributed by atoms with Crippen LogP contribution in [0.5, 0.6) is 0 Å². The highest BCUT2D eigenvalue weighted by Crippen LogP contribution is 2.46. The number of morpholine rings is 1. The highest BCUT2D eigenvalue weighted by molar-refractivity contribution is 5.96. The lowest BCUT2D eigenvalue weighted by atomic mass is 9.81. The number of carbonyl (C=O) groups excluding carboxylic acids is 8. The van der Waals surface area contributed by atoms with E-state index in [-0.39, 0.29) is 75.6 Å². The highest BCUT2D eigenvalue weighted by atomic mass is 19.1. The van der Waals surface area contributed by atoms with Crippen LogP contribution in [0.15, 0.2) is 16.9 Å².